The predicted octanol–water partition coefficient (Wildman–Crippen LogP) is 4.70. The molecule has 12 heteroatoms. The summed E-state index contributed by atoms with van der Waals surface area (Å²) in [6, 6.07) is 6.17. The third-order valence-corrected chi connectivity index (χ3v) is 10.3. The van der Waals surface area contributed by atoms with Gasteiger partial charge in [-0.1, -0.05) is 39.5 Å². The molecule has 3 aromatic rings. The van der Waals surface area contributed by atoms with Crippen molar-refractivity contribution in [2.75, 3.05) is 30.3 Å². The van der Waals surface area contributed by atoms with E-state index >= 15 is 0 Å². The van der Waals surface area contributed by atoms with Crippen LogP contribution in [0.25, 0.3) is 23.3 Å². The van der Waals surface area contributed by atoms with Crippen molar-refractivity contribution in [3.8, 4) is 11.5 Å². The Bertz CT molecular complexity index is 2180. The average molecular weight is 716 g/mol. The van der Waals surface area contributed by atoms with Gasteiger partial charge in [-0.25, -0.2) is 10.9 Å². The number of hydrogen-bond acceptors (Lipinski definition) is 8. The third-order valence-electron chi connectivity index (χ3n) is 9.67. The van der Waals surface area contributed by atoms with Crippen molar-refractivity contribution < 1.29 is 27.3 Å². The normalized spacial score (nSPS) is 16.5. The summed E-state index contributed by atoms with van der Waals surface area (Å²) in [4.78, 5) is 23.5. The number of benzene rings is 2. The van der Waals surface area contributed by atoms with Gasteiger partial charge in [-0.3, -0.25) is 14.2 Å². The Kier molecular flexibility index (Phi) is 9.83. The summed E-state index contributed by atoms with van der Waals surface area (Å²) in [5.41, 5.74) is 6.58. The molecule has 0 saturated heterocycles. The summed E-state index contributed by atoms with van der Waals surface area (Å²) in [5.74, 6) is 6.44. The number of nitrogens with zero attached hydrogens (tertiary/aromatic N) is 3. The van der Waals surface area contributed by atoms with Gasteiger partial charge in [-0.05, 0) is 92.0 Å². The number of amides is 1. The zero-order valence-corrected chi connectivity index (χ0v) is 31.2. The van der Waals surface area contributed by atoms with Gasteiger partial charge >= 0.3 is 0 Å². The molecule has 0 spiro atoms. The Morgan fingerprint density at radius 3 is 2.69 bits per heavy atom. The van der Waals surface area contributed by atoms with Crippen LogP contribution in [-0.2, 0) is 32.7 Å². The van der Waals surface area contributed by atoms with Crippen LogP contribution in [0.15, 0.2) is 42.7 Å². The topological polar surface area (TPSA) is 149 Å². The van der Waals surface area contributed by atoms with E-state index in [0.29, 0.717) is 24.4 Å². The van der Waals surface area contributed by atoms with E-state index in [1.807, 2.05) is 24.4 Å². The molecule has 51 heavy (non-hydrogen) atoms. The molecular weight excluding hydrogens is 667 g/mol. The number of anilines is 1. The molecule has 11 nitrogen and oxygen atoms in total. The second kappa shape index (κ2) is 13.7. The van der Waals surface area contributed by atoms with Crippen molar-refractivity contribution in [1.82, 2.24) is 14.9 Å². The Labute approximate surface area is 300 Å². The number of hydrogen-bond donors (Lipinski definition) is 3. The zero-order valence-electron chi connectivity index (χ0n) is 30.4. The number of fused-ring (bicyclic) bond motifs is 3. The minimum atomic E-state index is -4.32. The van der Waals surface area contributed by atoms with E-state index in [9.17, 15) is 17.8 Å². The van der Waals surface area contributed by atoms with Crippen molar-refractivity contribution >= 4 is 45.0 Å². The molecular formula is C39H49N5O6S. The third kappa shape index (κ3) is 7.55. The fourth-order valence-electron chi connectivity index (χ4n) is 7.77. The van der Waals surface area contributed by atoms with Crippen molar-refractivity contribution in [3.63, 3.8) is 0 Å². The van der Waals surface area contributed by atoms with Gasteiger partial charge in [0.15, 0.2) is 0 Å². The highest BCUT2D eigenvalue weighted by Gasteiger charge is 2.40. The first-order chi connectivity index (χ1) is 24.0. The summed E-state index contributed by atoms with van der Waals surface area (Å²) >= 11 is 0. The molecule has 272 valence electrons. The molecule has 0 atom stereocenters. The summed E-state index contributed by atoms with van der Waals surface area (Å²) < 4.78 is 43.8. The highest BCUT2D eigenvalue weighted by atomic mass is 32.2. The van der Waals surface area contributed by atoms with Gasteiger partial charge in [-0.2, -0.15) is 8.42 Å². The van der Waals surface area contributed by atoms with Crippen LogP contribution in [-0.4, -0.2) is 59.4 Å². The molecule has 0 aliphatic carbocycles. The first kappa shape index (κ1) is 36.6. The summed E-state index contributed by atoms with van der Waals surface area (Å²) in [6.07, 6.45) is 11.1. The first-order valence-corrected chi connectivity index (χ1v) is 19.1. The SMILES string of the molecule is C=c1cc2c(cc1/C(C)=C\C(C)(C)C)=C(c1nccn1CCCCNC(=O)CON)c1cc3c4c(c1O2)CCCN4C(C)(C)C=C3CS(=O)(=O)O. The standard InChI is InChI=1S/C39H49N5O6S/c1-24-17-32-30(18-28(24)25(2)20-38(3,4)5)34(37-42-13-16-43(37)14-9-8-12-41-33(45)22-49-40)31-19-29-26(23-51(46,47)48)21-39(6,7)44-15-10-11-27(35(29)44)36(31)50-32/h13,16-21H,1,8-12,14-15,22-23,40H2,2-7H3,(H,41,45)(H,46,47,48)/b25-20-. The first-order valence-electron chi connectivity index (χ1n) is 17.5. The number of unbranched alkanes of at least 4 members (excludes halogenated alkanes) is 1. The fourth-order valence-corrected chi connectivity index (χ4v) is 8.40. The number of nitrogens with two attached hydrogens (primary N) is 1. The van der Waals surface area contributed by atoms with Crippen LogP contribution >= 0.6 is 0 Å². The Morgan fingerprint density at radius 2 is 1.98 bits per heavy atom. The molecule has 0 unspecified atom stereocenters. The van der Waals surface area contributed by atoms with E-state index in [1.54, 1.807) is 6.20 Å². The van der Waals surface area contributed by atoms with Gasteiger partial charge in [0.1, 0.15) is 29.7 Å². The molecule has 4 heterocycles. The van der Waals surface area contributed by atoms with E-state index in [1.165, 1.54) is 0 Å². The maximum atomic E-state index is 12.4. The maximum absolute atomic E-state index is 12.4. The number of imidazole rings is 1. The molecule has 0 bridgehead atoms. The number of ether oxygens (including phenoxy) is 1. The molecule has 2 aromatic carbocycles. The lowest BCUT2D eigenvalue weighted by Gasteiger charge is -2.47. The monoisotopic (exact) mass is 715 g/mol. The van der Waals surface area contributed by atoms with Crippen LogP contribution in [0.2, 0.25) is 0 Å². The van der Waals surface area contributed by atoms with Crippen LogP contribution < -0.4 is 31.3 Å². The number of carbonyl (C=O) groups excluding carboxylic acids is 1. The quantitative estimate of drug-likeness (QED) is 0.114. The van der Waals surface area contributed by atoms with Crippen molar-refractivity contribution in [2.24, 2.45) is 11.3 Å². The number of rotatable bonds is 11. The van der Waals surface area contributed by atoms with Gasteiger partial charge in [-0.15, -0.1) is 0 Å². The van der Waals surface area contributed by atoms with E-state index in [4.69, 9.17) is 15.6 Å². The number of nitrogens with one attached hydrogen (secondary N) is 1. The van der Waals surface area contributed by atoms with Crippen LogP contribution in [0.5, 0.6) is 11.5 Å². The van der Waals surface area contributed by atoms with Crippen LogP contribution in [0, 0.1) is 5.41 Å². The highest BCUT2D eigenvalue weighted by Crippen LogP contribution is 2.51. The van der Waals surface area contributed by atoms with Gasteiger partial charge in [0.2, 0.25) is 5.91 Å². The van der Waals surface area contributed by atoms with Crippen molar-refractivity contribution in [1.29, 1.82) is 0 Å². The molecule has 0 saturated carbocycles. The summed E-state index contributed by atoms with van der Waals surface area (Å²) in [5, 5.41) is 4.53. The van der Waals surface area contributed by atoms with Gasteiger partial charge < -0.3 is 19.5 Å². The lowest BCUT2D eigenvalue weighted by Crippen LogP contribution is -2.48. The predicted molar refractivity (Wildman–Crippen MR) is 201 cm³/mol. The molecule has 4 N–H and O–H groups in total. The molecule has 3 aliphatic heterocycles. The van der Waals surface area contributed by atoms with E-state index in [0.717, 1.165) is 93.3 Å². The molecule has 6 rings (SSSR count). The van der Waals surface area contributed by atoms with E-state index < -0.39 is 21.4 Å². The van der Waals surface area contributed by atoms with Gasteiger partial charge in [0, 0.05) is 59.5 Å². The molecule has 1 aromatic heterocycles. The Balaban J connectivity index is 1.57. The Hall–Kier alpha value is -4.23. The summed E-state index contributed by atoms with van der Waals surface area (Å²) in [7, 11) is -4.32. The second-order valence-corrected chi connectivity index (χ2v) is 16.9. The summed E-state index contributed by atoms with van der Waals surface area (Å²) in [6.45, 7) is 18.9. The highest BCUT2D eigenvalue weighted by molar-refractivity contribution is 7.86. The largest absolute Gasteiger partial charge is 0.456 e. The molecule has 1 amide bonds. The zero-order chi connectivity index (χ0) is 36.9. The second-order valence-electron chi connectivity index (χ2n) is 15.4. The lowest BCUT2D eigenvalue weighted by molar-refractivity contribution is -0.125. The number of carbonyl (C=O) groups is 1. The van der Waals surface area contributed by atoms with Gasteiger partial charge in [0.05, 0.1) is 11.2 Å². The Morgan fingerprint density at radius 1 is 1.22 bits per heavy atom. The fraction of sp³-hybridized carbons (Fsp3) is 0.436. The maximum Gasteiger partial charge on any atom is 0.269 e. The van der Waals surface area contributed by atoms with E-state index in [2.05, 4.69) is 79.9 Å². The molecule has 3 aliphatic rings. The van der Waals surface area contributed by atoms with Crippen LogP contribution in [0.3, 0.4) is 0 Å². The number of allylic oxidation sites excluding steroid dienone is 2. The average Bonchev–Trinajstić information content (AvgIpc) is 3.48. The number of aromatic nitrogens is 2. The smallest absolute Gasteiger partial charge is 0.269 e. The van der Waals surface area contributed by atoms with Crippen molar-refractivity contribution in [3.05, 3.63) is 81.3 Å². The van der Waals surface area contributed by atoms with Crippen LogP contribution in [0.4, 0.5) is 5.69 Å². The van der Waals surface area contributed by atoms with Crippen LogP contribution in [0.1, 0.15) is 88.9 Å². The van der Waals surface area contributed by atoms with Crippen molar-refractivity contribution in [2.45, 2.75) is 79.3 Å². The lowest BCUT2D eigenvalue weighted by atomic mass is 9.80. The minimum absolute atomic E-state index is 0.0493. The molecule has 0 fully saturated rings. The minimum Gasteiger partial charge on any atom is -0.456 e. The van der Waals surface area contributed by atoms with Gasteiger partial charge in [0.25, 0.3) is 10.1 Å². The number of aryl methyl sites for hydroxylation is 1. The molecule has 0 radical (unpaired) electrons. The van der Waals surface area contributed by atoms with E-state index in [-0.39, 0.29) is 17.9 Å².